The fourth-order valence-electron chi connectivity index (χ4n) is 2.38. The second kappa shape index (κ2) is 5.74. The van der Waals surface area contributed by atoms with Crippen LogP contribution >= 0.6 is 0 Å². The minimum atomic E-state index is -0.00171. The Morgan fingerprint density at radius 3 is 2.79 bits per heavy atom. The average molecular weight is 258 g/mol. The molecule has 19 heavy (non-hydrogen) atoms. The molecule has 2 rings (SSSR count). The summed E-state index contributed by atoms with van der Waals surface area (Å²) in [6, 6.07) is 5.26. The van der Waals surface area contributed by atoms with E-state index in [1.165, 1.54) is 0 Å². The molecule has 0 N–H and O–H groups in total. The van der Waals surface area contributed by atoms with Gasteiger partial charge in [-0.3, -0.25) is 4.79 Å². The molecule has 0 saturated carbocycles. The standard InChI is InChI=1S/C16H18O3/c1-4-11-6-5-7-13(11)16(17)14-10-12(18-2)8-9-15(14)19-3/h4,7-11H,1,5-6H2,2-3H3. The molecule has 0 aromatic heterocycles. The van der Waals surface area contributed by atoms with Gasteiger partial charge in [0.15, 0.2) is 5.78 Å². The molecule has 0 aliphatic heterocycles. The summed E-state index contributed by atoms with van der Waals surface area (Å²) in [5.41, 5.74) is 1.35. The molecule has 1 unspecified atom stereocenters. The molecule has 0 fully saturated rings. The summed E-state index contributed by atoms with van der Waals surface area (Å²) in [7, 11) is 3.14. The van der Waals surface area contributed by atoms with Crippen molar-refractivity contribution in [3.05, 3.63) is 48.1 Å². The summed E-state index contributed by atoms with van der Waals surface area (Å²) in [5.74, 6) is 1.36. The number of rotatable bonds is 5. The smallest absolute Gasteiger partial charge is 0.193 e. The maximum Gasteiger partial charge on any atom is 0.193 e. The Morgan fingerprint density at radius 1 is 1.37 bits per heavy atom. The van der Waals surface area contributed by atoms with Gasteiger partial charge in [0.25, 0.3) is 0 Å². The van der Waals surface area contributed by atoms with Crippen molar-refractivity contribution in [3.8, 4) is 11.5 Å². The van der Waals surface area contributed by atoms with Crippen molar-refractivity contribution in [3.63, 3.8) is 0 Å². The van der Waals surface area contributed by atoms with Gasteiger partial charge in [-0.15, -0.1) is 6.58 Å². The molecule has 1 atom stereocenters. The fraction of sp³-hybridized carbons (Fsp3) is 0.312. The first-order valence-corrected chi connectivity index (χ1v) is 6.30. The lowest BCUT2D eigenvalue weighted by molar-refractivity contribution is 0.102. The quantitative estimate of drug-likeness (QED) is 0.599. The number of allylic oxidation sites excluding steroid dienone is 3. The first-order chi connectivity index (χ1) is 9.21. The fourth-order valence-corrected chi connectivity index (χ4v) is 2.38. The van der Waals surface area contributed by atoms with E-state index >= 15 is 0 Å². The van der Waals surface area contributed by atoms with Crippen LogP contribution in [0.3, 0.4) is 0 Å². The highest BCUT2D eigenvalue weighted by Crippen LogP contribution is 2.33. The molecule has 0 radical (unpaired) electrons. The molecule has 100 valence electrons. The van der Waals surface area contributed by atoms with Crippen molar-refractivity contribution in [2.24, 2.45) is 5.92 Å². The van der Waals surface area contributed by atoms with Crippen molar-refractivity contribution >= 4 is 5.78 Å². The number of ether oxygens (including phenoxy) is 2. The predicted octanol–water partition coefficient (Wildman–Crippen LogP) is 3.41. The Morgan fingerprint density at radius 2 is 2.16 bits per heavy atom. The zero-order valence-corrected chi connectivity index (χ0v) is 11.3. The van der Waals surface area contributed by atoms with Crippen LogP contribution in [-0.4, -0.2) is 20.0 Å². The van der Waals surface area contributed by atoms with E-state index < -0.39 is 0 Å². The van der Waals surface area contributed by atoms with Gasteiger partial charge in [0.2, 0.25) is 0 Å². The van der Waals surface area contributed by atoms with E-state index in [0.717, 1.165) is 18.4 Å². The van der Waals surface area contributed by atoms with Crippen molar-refractivity contribution in [1.82, 2.24) is 0 Å². The highest BCUT2D eigenvalue weighted by Gasteiger charge is 2.25. The van der Waals surface area contributed by atoms with Crippen molar-refractivity contribution in [2.75, 3.05) is 14.2 Å². The van der Waals surface area contributed by atoms with E-state index in [1.54, 1.807) is 32.4 Å². The van der Waals surface area contributed by atoms with Crippen LogP contribution < -0.4 is 9.47 Å². The van der Waals surface area contributed by atoms with Gasteiger partial charge >= 0.3 is 0 Å². The largest absolute Gasteiger partial charge is 0.497 e. The van der Waals surface area contributed by atoms with Gasteiger partial charge in [-0.2, -0.15) is 0 Å². The predicted molar refractivity (Wildman–Crippen MR) is 74.9 cm³/mol. The molecular weight excluding hydrogens is 240 g/mol. The highest BCUT2D eigenvalue weighted by atomic mass is 16.5. The third-order valence-corrected chi connectivity index (χ3v) is 3.44. The molecule has 1 aliphatic carbocycles. The molecule has 0 amide bonds. The van der Waals surface area contributed by atoms with Crippen molar-refractivity contribution < 1.29 is 14.3 Å². The molecule has 0 saturated heterocycles. The van der Waals surface area contributed by atoms with E-state index in [2.05, 4.69) is 6.58 Å². The third-order valence-electron chi connectivity index (χ3n) is 3.44. The zero-order chi connectivity index (χ0) is 13.8. The van der Waals surface area contributed by atoms with Crippen LogP contribution in [0.15, 0.2) is 42.5 Å². The lowest BCUT2D eigenvalue weighted by Crippen LogP contribution is -2.10. The van der Waals surface area contributed by atoms with Crippen LogP contribution in [0.5, 0.6) is 11.5 Å². The summed E-state index contributed by atoms with van der Waals surface area (Å²) in [4.78, 5) is 12.6. The summed E-state index contributed by atoms with van der Waals surface area (Å²) < 4.78 is 10.4. The van der Waals surface area contributed by atoms with E-state index in [-0.39, 0.29) is 11.7 Å². The highest BCUT2D eigenvalue weighted by molar-refractivity contribution is 6.11. The summed E-state index contributed by atoms with van der Waals surface area (Å²) in [5, 5.41) is 0. The Labute approximate surface area is 113 Å². The Hall–Kier alpha value is -2.03. The number of methoxy groups -OCH3 is 2. The minimum Gasteiger partial charge on any atom is -0.497 e. The maximum atomic E-state index is 12.6. The van der Waals surface area contributed by atoms with Crippen molar-refractivity contribution in [1.29, 1.82) is 0 Å². The van der Waals surface area contributed by atoms with E-state index in [9.17, 15) is 4.79 Å². The molecular formula is C16H18O3. The van der Waals surface area contributed by atoms with Crippen LogP contribution in [0.2, 0.25) is 0 Å². The molecule has 3 heteroatoms. The summed E-state index contributed by atoms with van der Waals surface area (Å²) in [6.45, 7) is 3.80. The second-order valence-electron chi connectivity index (χ2n) is 4.47. The van der Waals surface area contributed by atoms with Gasteiger partial charge in [0.1, 0.15) is 11.5 Å². The molecule has 1 aliphatic rings. The average Bonchev–Trinajstić information content (AvgIpc) is 2.94. The van der Waals surface area contributed by atoms with Gasteiger partial charge < -0.3 is 9.47 Å². The van der Waals surface area contributed by atoms with Crippen LogP contribution in [-0.2, 0) is 0 Å². The normalized spacial score (nSPS) is 17.8. The van der Waals surface area contributed by atoms with Crippen LogP contribution in [0.25, 0.3) is 0 Å². The third kappa shape index (κ3) is 2.55. The van der Waals surface area contributed by atoms with Gasteiger partial charge in [0.05, 0.1) is 19.8 Å². The Bertz CT molecular complexity index is 529. The number of Topliss-reactive ketones (excluding diaryl/α,β-unsaturated/α-hetero) is 1. The number of hydrogen-bond donors (Lipinski definition) is 0. The number of benzene rings is 1. The number of carbonyl (C=O) groups is 1. The number of hydrogen-bond acceptors (Lipinski definition) is 3. The lowest BCUT2D eigenvalue weighted by Gasteiger charge is -2.13. The Balaban J connectivity index is 2.40. The number of carbonyl (C=O) groups excluding carboxylic acids is 1. The van der Waals surface area contributed by atoms with Crippen molar-refractivity contribution in [2.45, 2.75) is 12.8 Å². The second-order valence-corrected chi connectivity index (χ2v) is 4.47. The maximum absolute atomic E-state index is 12.6. The zero-order valence-electron chi connectivity index (χ0n) is 11.3. The van der Waals surface area contributed by atoms with E-state index in [0.29, 0.717) is 17.1 Å². The molecule has 0 spiro atoms. The first kappa shape index (κ1) is 13.4. The SMILES string of the molecule is C=CC1CCC=C1C(=O)c1cc(OC)ccc1OC. The van der Waals surface area contributed by atoms with Gasteiger partial charge in [0, 0.05) is 11.5 Å². The molecule has 1 aromatic carbocycles. The van der Waals surface area contributed by atoms with Crippen LogP contribution in [0.4, 0.5) is 0 Å². The van der Waals surface area contributed by atoms with Crippen LogP contribution in [0.1, 0.15) is 23.2 Å². The minimum absolute atomic E-state index is 0.00171. The molecule has 1 aromatic rings. The molecule has 0 heterocycles. The first-order valence-electron chi connectivity index (χ1n) is 6.30. The number of ketones is 1. The molecule has 0 bridgehead atoms. The lowest BCUT2D eigenvalue weighted by atomic mass is 9.93. The Kier molecular flexibility index (Phi) is 4.05. The van der Waals surface area contributed by atoms with Gasteiger partial charge in [-0.1, -0.05) is 12.2 Å². The van der Waals surface area contributed by atoms with Crippen LogP contribution in [0, 0.1) is 5.92 Å². The van der Waals surface area contributed by atoms with E-state index in [4.69, 9.17) is 9.47 Å². The van der Waals surface area contributed by atoms with Gasteiger partial charge in [-0.05, 0) is 31.0 Å². The monoisotopic (exact) mass is 258 g/mol. The van der Waals surface area contributed by atoms with Gasteiger partial charge in [-0.25, -0.2) is 0 Å². The topological polar surface area (TPSA) is 35.5 Å². The molecule has 3 nitrogen and oxygen atoms in total. The summed E-state index contributed by atoms with van der Waals surface area (Å²) in [6.07, 6.45) is 5.71. The summed E-state index contributed by atoms with van der Waals surface area (Å²) >= 11 is 0. The van der Waals surface area contributed by atoms with E-state index in [1.807, 2.05) is 12.2 Å².